The molecule has 1 aliphatic carbocycles. The molecular weight excluding hydrogens is 667 g/mol. The third-order valence-electron chi connectivity index (χ3n) is 12.2. The quantitative estimate of drug-likeness (QED) is 0.113. The molecular formula is C40H48F2N4O2SSi. The standard InChI is InChI=1S/C40H48F2N4O2SSi/c1-9-49(47,48)40-44-37-34-32(19-25(8)38-28-14-13-26(20-28)21-46(38)39(34)45-40)43-36(35(37)42)30-12-10-11-27-15-16-31(41)29(33(27)30)17-18-50(22(2)3,23(4)5)24(6)7/h10-12,15-16,22-26,28,38H,9,13-14,19-21H2,1-8H3/t25-,26+,28-,38-/m1/s1. The third kappa shape index (κ3) is 5.37. The zero-order valence-corrected chi connectivity index (χ0v) is 32.3. The van der Waals surface area contributed by atoms with Gasteiger partial charge in [-0.3, -0.25) is 0 Å². The molecule has 2 fully saturated rings. The van der Waals surface area contributed by atoms with Crippen LogP contribution in [0.2, 0.25) is 16.6 Å². The Morgan fingerprint density at radius 1 is 0.960 bits per heavy atom. The number of sulfone groups is 1. The molecule has 2 aromatic carbocycles. The van der Waals surface area contributed by atoms with Crippen LogP contribution in [0.4, 0.5) is 14.6 Å². The van der Waals surface area contributed by atoms with E-state index < -0.39 is 29.5 Å². The van der Waals surface area contributed by atoms with Crippen LogP contribution in [0, 0.1) is 40.9 Å². The summed E-state index contributed by atoms with van der Waals surface area (Å²) in [6.07, 6.45) is 3.96. The zero-order chi connectivity index (χ0) is 35.9. The number of aromatic nitrogens is 3. The Bertz CT molecular complexity index is 2170. The largest absolute Gasteiger partial charge is 0.352 e. The van der Waals surface area contributed by atoms with Gasteiger partial charge in [0.15, 0.2) is 5.82 Å². The molecule has 10 heteroatoms. The summed E-state index contributed by atoms with van der Waals surface area (Å²) in [6, 6.07) is 8.76. The van der Waals surface area contributed by atoms with Gasteiger partial charge in [-0.2, -0.15) is 0 Å². The van der Waals surface area contributed by atoms with Crippen LogP contribution in [0.1, 0.15) is 85.9 Å². The van der Waals surface area contributed by atoms with Gasteiger partial charge in [0.25, 0.3) is 0 Å². The molecule has 1 saturated carbocycles. The van der Waals surface area contributed by atoms with Gasteiger partial charge in [0, 0.05) is 23.5 Å². The number of anilines is 1. The molecule has 0 radical (unpaired) electrons. The molecule has 0 unspecified atom stereocenters. The fourth-order valence-corrected chi connectivity index (χ4v) is 15.9. The van der Waals surface area contributed by atoms with Crippen LogP contribution in [0.5, 0.6) is 0 Å². The first-order chi connectivity index (χ1) is 23.7. The summed E-state index contributed by atoms with van der Waals surface area (Å²) in [4.78, 5) is 16.5. The minimum atomic E-state index is -3.87. The van der Waals surface area contributed by atoms with E-state index >= 15 is 8.78 Å². The minimum Gasteiger partial charge on any atom is -0.352 e. The lowest BCUT2D eigenvalue weighted by atomic mass is 9.82. The number of halogens is 2. The second-order valence-corrected chi connectivity index (χ2v) is 23.7. The number of hydrogen-bond donors (Lipinski definition) is 0. The molecule has 0 spiro atoms. The molecule has 1 saturated heterocycles. The maximum atomic E-state index is 17.3. The molecule has 7 rings (SSSR count). The predicted molar refractivity (Wildman–Crippen MR) is 201 cm³/mol. The lowest BCUT2D eigenvalue weighted by molar-refractivity contribution is 0.265. The van der Waals surface area contributed by atoms with Crippen molar-refractivity contribution in [1.82, 2.24) is 15.0 Å². The number of benzene rings is 2. The van der Waals surface area contributed by atoms with Crippen molar-refractivity contribution in [1.29, 1.82) is 0 Å². The summed E-state index contributed by atoms with van der Waals surface area (Å²) in [7, 11) is -6.11. The van der Waals surface area contributed by atoms with Crippen LogP contribution in [0.25, 0.3) is 32.9 Å². The molecule has 2 aliphatic heterocycles. The normalized spacial score (nSPS) is 22.0. The second kappa shape index (κ2) is 12.7. The van der Waals surface area contributed by atoms with Crippen molar-refractivity contribution in [3.05, 3.63) is 53.2 Å². The van der Waals surface area contributed by atoms with E-state index in [1.165, 1.54) is 6.07 Å². The number of rotatable bonds is 6. The first-order valence-electron chi connectivity index (χ1n) is 18.3. The van der Waals surface area contributed by atoms with Crippen LogP contribution in [0.3, 0.4) is 0 Å². The topological polar surface area (TPSA) is 76.0 Å². The highest BCUT2D eigenvalue weighted by atomic mass is 32.2. The van der Waals surface area contributed by atoms with Gasteiger partial charge in [0.2, 0.25) is 15.0 Å². The second-order valence-electron chi connectivity index (χ2n) is 15.9. The van der Waals surface area contributed by atoms with Crippen molar-refractivity contribution >= 4 is 45.4 Å². The maximum absolute atomic E-state index is 17.3. The van der Waals surface area contributed by atoms with Crippen LogP contribution in [-0.4, -0.2) is 49.8 Å². The lowest BCUT2D eigenvalue weighted by Gasteiger charge is -2.43. The Morgan fingerprint density at radius 3 is 2.36 bits per heavy atom. The van der Waals surface area contributed by atoms with Crippen molar-refractivity contribution in [2.24, 2.45) is 17.8 Å². The Balaban J connectivity index is 1.53. The average molecular weight is 715 g/mol. The van der Waals surface area contributed by atoms with E-state index in [4.69, 9.17) is 9.97 Å². The monoisotopic (exact) mass is 714 g/mol. The predicted octanol–water partition coefficient (Wildman–Crippen LogP) is 9.28. The summed E-state index contributed by atoms with van der Waals surface area (Å²) < 4.78 is 60.1. The number of hydrogen-bond acceptors (Lipinski definition) is 6. The zero-order valence-electron chi connectivity index (χ0n) is 30.4. The molecule has 50 heavy (non-hydrogen) atoms. The van der Waals surface area contributed by atoms with E-state index in [1.807, 2.05) is 12.1 Å². The fourth-order valence-electron chi connectivity index (χ4n) is 9.95. The Kier molecular flexibility index (Phi) is 8.86. The molecule has 0 amide bonds. The van der Waals surface area contributed by atoms with Gasteiger partial charge in [-0.15, -0.1) is 5.54 Å². The Labute approximate surface area is 296 Å². The van der Waals surface area contributed by atoms with Gasteiger partial charge < -0.3 is 4.90 Å². The van der Waals surface area contributed by atoms with Crippen molar-refractivity contribution < 1.29 is 17.2 Å². The lowest BCUT2D eigenvalue weighted by Crippen LogP contribution is -2.49. The van der Waals surface area contributed by atoms with Crippen molar-refractivity contribution in [2.45, 2.75) is 109 Å². The van der Waals surface area contributed by atoms with Crippen molar-refractivity contribution in [3.63, 3.8) is 0 Å². The molecule has 0 N–H and O–H groups in total. The van der Waals surface area contributed by atoms with Crippen LogP contribution in [-0.2, 0) is 16.3 Å². The molecule has 6 nitrogen and oxygen atoms in total. The van der Waals surface area contributed by atoms with Crippen LogP contribution >= 0.6 is 0 Å². The molecule has 4 aromatic rings. The van der Waals surface area contributed by atoms with Gasteiger partial charge in [0.1, 0.15) is 30.9 Å². The molecule has 4 atom stereocenters. The van der Waals surface area contributed by atoms with E-state index in [0.29, 0.717) is 62.7 Å². The maximum Gasteiger partial charge on any atom is 0.249 e. The molecule has 264 valence electrons. The van der Waals surface area contributed by atoms with Gasteiger partial charge in [-0.1, -0.05) is 85.6 Å². The van der Waals surface area contributed by atoms with Crippen molar-refractivity contribution in [2.75, 3.05) is 17.2 Å². The van der Waals surface area contributed by atoms with E-state index in [1.54, 1.807) is 19.1 Å². The van der Waals surface area contributed by atoms with E-state index in [9.17, 15) is 8.42 Å². The summed E-state index contributed by atoms with van der Waals surface area (Å²) in [5.74, 6) is 3.55. The number of nitrogens with zero attached hydrogens (tertiary/aromatic N) is 4. The smallest absolute Gasteiger partial charge is 0.249 e. The van der Waals surface area contributed by atoms with E-state index in [-0.39, 0.29) is 39.6 Å². The molecule has 2 bridgehead atoms. The van der Waals surface area contributed by atoms with Gasteiger partial charge in [0.05, 0.1) is 22.4 Å². The highest BCUT2D eigenvalue weighted by Gasteiger charge is 2.46. The molecule has 2 aromatic heterocycles. The first-order valence-corrected chi connectivity index (χ1v) is 22.2. The number of pyridine rings is 1. The van der Waals surface area contributed by atoms with Crippen molar-refractivity contribution in [3.8, 4) is 22.7 Å². The van der Waals surface area contributed by atoms with E-state index in [0.717, 1.165) is 31.2 Å². The highest BCUT2D eigenvalue weighted by Crippen LogP contribution is 2.49. The van der Waals surface area contributed by atoms with Gasteiger partial charge in [-0.05, 0) is 71.5 Å². The highest BCUT2D eigenvalue weighted by molar-refractivity contribution is 7.91. The number of fused-ring (bicyclic) bond motifs is 6. The summed E-state index contributed by atoms with van der Waals surface area (Å²) >= 11 is 0. The Hall–Kier alpha value is -3.42. The molecule has 3 aliphatic rings. The van der Waals surface area contributed by atoms with Gasteiger partial charge >= 0.3 is 0 Å². The third-order valence-corrected chi connectivity index (χ3v) is 20.0. The first kappa shape index (κ1) is 35.0. The minimum absolute atomic E-state index is 0.0323. The van der Waals surface area contributed by atoms with E-state index in [2.05, 4.69) is 69.8 Å². The SMILES string of the molecule is CCS(=O)(=O)c1nc2c3c(nc(-c4cccc5ccc(F)c(C#C[Si](C(C)C)(C(C)C)C(C)C)c45)c(F)c3n1)C[C@@H](C)[C@@H]1[C@@H]3CC[C@@H](C3)CN21. The summed E-state index contributed by atoms with van der Waals surface area (Å²) in [5, 5.41) is 1.36. The fraction of sp³-hybridized carbons (Fsp3) is 0.525. The Morgan fingerprint density at radius 2 is 1.68 bits per heavy atom. The molecule has 4 heterocycles. The average Bonchev–Trinajstić information content (AvgIpc) is 3.39. The summed E-state index contributed by atoms with van der Waals surface area (Å²) in [6.45, 7) is 17.8. The van der Waals surface area contributed by atoms with Crippen LogP contribution < -0.4 is 4.90 Å². The van der Waals surface area contributed by atoms with Gasteiger partial charge in [-0.25, -0.2) is 32.2 Å². The number of piperidine rings is 1. The van der Waals surface area contributed by atoms with Crippen LogP contribution in [0.15, 0.2) is 35.5 Å². The summed E-state index contributed by atoms with van der Waals surface area (Å²) in [5.41, 5.74) is 6.02.